The molecule has 0 bridgehead atoms. The zero-order valence-electron chi connectivity index (χ0n) is 26.1. The lowest BCUT2D eigenvalue weighted by Gasteiger charge is -2.32. The summed E-state index contributed by atoms with van der Waals surface area (Å²) in [5, 5.41) is 6.88. The summed E-state index contributed by atoms with van der Waals surface area (Å²) in [5.41, 5.74) is 4.32. The van der Waals surface area contributed by atoms with Crippen LogP contribution in [0.25, 0.3) is 11.1 Å². The number of ketones is 1. The summed E-state index contributed by atoms with van der Waals surface area (Å²) in [5.74, 6) is 1.26. The van der Waals surface area contributed by atoms with Gasteiger partial charge in [-0.25, -0.2) is 0 Å². The number of halogens is 3. The number of rotatable bonds is 12. The molecule has 2 aliphatic carbocycles. The Hall–Kier alpha value is -3.77. The van der Waals surface area contributed by atoms with Gasteiger partial charge in [0.1, 0.15) is 11.5 Å². The minimum Gasteiger partial charge on any atom is -0.406 e. The van der Waals surface area contributed by atoms with Crippen LogP contribution in [0, 0.1) is 24.7 Å². The number of nitrogens with zero attached hydrogens (tertiary/aromatic N) is 3. The van der Waals surface area contributed by atoms with Gasteiger partial charge >= 0.3 is 6.36 Å². The number of ether oxygens (including phenoxy) is 2. The van der Waals surface area contributed by atoms with Gasteiger partial charge in [0.05, 0.1) is 18.4 Å². The molecular formula is C34H39F3N4O5. The highest BCUT2D eigenvalue weighted by Crippen LogP contribution is 2.47. The number of fused-ring (bicyclic) bond motifs is 1. The molecule has 1 N–H and O–H groups in total. The second kappa shape index (κ2) is 13.5. The summed E-state index contributed by atoms with van der Waals surface area (Å²) >= 11 is 0. The molecule has 9 nitrogen and oxygen atoms in total. The van der Waals surface area contributed by atoms with Crippen LogP contribution < -0.4 is 10.1 Å². The van der Waals surface area contributed by atoms with Gasteiger partial charge in [0.25, 0.3) is 0 Å². The van der Waals surface area contributed by atoms with Crippen molar-refractivity contribution >= 4 is 11.7 Å². The summed E-state index contributed by atoms with van der Waals surface area (Å²) in [4.78, 5) is 32.7. The van der Waals surface area contributed by atoms with Crippen LogP contribution in [0.5, 0.6) is 5.75 Å². The summed E-state index contributed by atoms with van der Waals surface area (Å²) in [6.07, 6.45) is 0.246. The monoisotopic (exact) mass is 640 g/mol. The van der Waals surface area contributed by atoms with Crippen molar-refractivity contribution in [2.75, 3.05) is 26.8 Å². The topological polar surface area (TPSA) is 107 Å². The summed E-state index contributed by atoms with van der Waals surface area (Å²) in [7, 11) is 1.70. The van der Waals surface area contributed by atoms with Gasteiger partial charge in [0.15, 0.2) is 5.82 Å². The van der Waals surface area contributed by atoms with E-state index in [0.717, 1.165) is 41.5 Å². The van der Waals surface area contributed by atoms with Gasteiger partial charge in [-0.3, -0.25) is 14.5 Å². The largest absolute Gasteiger partial charge is 0.573 e. The number of methoxy groups -OCH3 is 1. The molecule has 3 aliphatic rings. The number of aryl methyl sites for hydroxylation is 1. The average Bonchev–Trinajstić information content (AvgIpc) is 3.51. The number of aromatic nitrogens is 2. The lowest BCUT2D eigenvalue weighted by Crippen LogP contribution is -2.37. The predicted molar refractivity (Wildman–Crippen MR) is 162 cm³/mol. The molecule has 0 spiro atoms. The predicted octanol–water partition coefficient (Wildman–Crippen LogP) is 5.74. The van der Waals surface area contributed by atoms with Gasteiger partial charge in [-0.1, -0.05) is 35.8 Å². The molecule has 0 saturated heterocycles. The Kier molecular flexibility index (Phi) is 9.47. The van der Waals surface area contributed by atoms with E-state index < -0.39 is 6.36 Å². The average molecular weight is 641 g/mol. The maximum Gasteiger partial charge on any atom is 0.573 e. The van der Waals surface area contributed by atoms with Crippen molar-refractivity contribution in [3.05, 3.63) is 64.8 Å². The van der Waals surface area contributed by atoms with Crippen molar-refractivity contribution in [3.8, 4) is 16.9 Å². The van der Waals surface area contributed by atoms with E-state index in [1.54, 1.807) is 26.2 Å². The molecule has 2 fully saturated rings. The van der Waals surface area contributed by atoms with Gasteiger partial charge in [0.2, 0.25) is 11.8 Å². The minimum atomic E-state index is -4.79. The number of hydrogen-bond donors (Lipinski definition) is 1. The molecule has 1 aliphatic heterocycles. The Morgan fingerprint density at radius 1 is 1.13 bits per heavy atom. The highest BCUT2D eigenvalue weighted by atomic mass is 19.4. The molecule has 2 saturated carbocycles. The number of Topliss-reactive ketones (excluding diaryl/α,β-unsaturated/α-hetero) is 1. The Bertz CT molecular complexity index is 1570. The van der Waals surface area contributed by atoms with Crippen LogP contribution >= 0.6 is 0 Å². The number of amides is 1. The van der Waals surface area contributed by atoms with Crippen LogP contribution in [0.3, 0.4) is 0 Å². The lowest BCUT2D eigenvalue weighted by molar-refractivity contribution is -0.274. The van der Waals surface area contributed by atoms with Crippen molar-refractivity contribution in [1.82, 2.24) is 20.4 Å². The van der Waals surface area contributed by atoms with E-state index in [9.17, 15) is 22.8 Å². The number of benzene rings is 2. The number of hydrogen-bond acceptors (Lipinski definition) is 8. The smallest absolute Gasteiger partial charge is 0.406 e. The SMILES string of the molecule is COC[C@H]1CCC[C@H]1CC(=O)CN1CCc2c(-c3cccc(OC(F)(F)F)c3)ccc(CNC(=O)C3CC3c3nc(C)no3)c2C1. The quantitative estimate of drug-likeness (QED) is 0.267. The van der Waals surface area contributed by atoms with Crippen molar-refractivity contribution in [3.63, 3.8) is 0 Å². The molecule has 1 amide bonds. The lowest BCUT2D eigenvalue weighted by atomic mass is 9.87. The van der Waals surface area contributed by atoms with E-state index in [-0.39, 0.29) is 35.8 Å². The van der Waals surface area contributed by atoms with Crippen LogP contribution in [0.4, 0.5) is 13.2 Å². The first kappa shape index (κ1) is 32.2. The maximum atomic E-state index is 13.2. The molecule has 2 heterocycles. The van der Waals surface area contributed by atoms with E-state index in [4.69, 9.17) is 9.26 Å². The molecule has 12 heteroatoms. The number of carbonyl (C=O) groups is 2. The fourth-order valence-electron chi connectivity index (χ4n) is 7.19. The molecule has 2 unspecified atom stereocenters. The minimum absolute atomic E-state index is 0.0893. The number of carbonyl (C=O) groups excluding carboxylic acids is 2. The molecule has 246 valence electrons. The second-order valence-electron chi connectivity index (χ2n) is 12.8. The molecule has 46 heavy (non-hydrogen) atoms. The Labute approximate surface area is 265 Å². The van der Waals surface area contributed by atoms with E-state index in [2.05, 4.69) is 25.1 Å². The van der Waals surface area contributed by atoms with Gasteiger partial charge < -0.3 is 19.3 Å². The second-order valence-corrected chi connectivity index (χ2v) is 12.8. The Balaban J connectivity index is 1.20. The van der Waals surface area contributed by atoms with Crippen LogP contribution in [0.1, 0.15) is 66.4 Å². The van der Waals surface area contributed by atoms with Gasteiger partial charge in [-0.15, -0.1) is 13.2 Å². The third-order valence-corrected chi connectivity index (χ3v) is 9.49. The first-order valence-electron chi connectivity index (χ1n) is 15.9. The van der Waals surface area contributed by atoms with E-state index in [1.165, 1.54) is 12.1 Å². The fourth-order valence-corrected chi connectivity index (χ4v) is 7.19. The first-order valence-corrected chi connectivity index (χ1v) is 15.9. The molecular weight excluding hydrogens is 601 g/mol. The number of alkyl halides is 3. The molecule has 1 aromatic heterocycles. The molecule has 4 atom stereocenters. The van der Waals surface area contributed by atoms with Crippen LogP contribution in [0.2, 0.25) is 0 Å². The Morgan fingerprint density at radius 2 is 1.96 bits per heavy atom. The molecule has 2 aromatic carbocycles. The van der Waals surface area contributed by atoms with Crippen LogP contribution in [0.15, 0.2) is 40.9 Å². The fraction of sp³-hybridized carbons (Fsp3) is 0.529. The standard InChI is InChI=1S/C34H39F3N4O5/c1-20-39-33(46-40-20)30-15-29(30)32(43)38-16-23-9-10-27(22-6-4-8-26(14-22)45-34(35,36)37)28-11-12-41(18-31(23)28)17-25(42)13-21-5-3-7-24(21)19-44-2/h4,6,8-10,14,21,24,29-30H,3,5,7,11-13,15-19H2,1-2H3,(H,38,43)/t21-,24+,29?,30?/m0/s1. The summed E-state index contributed by atoms with van der Waals surface area (Å²) < 4.78 is 53.7. The third kappa shape index (κ3) is 7.60. The summed E-state index contributed by atoms with van der Waals surface area (Å²) in [6, 6.07) is 9.79. The molecule has 0 radical (unpaired) electrons. The van der Waals surface area contributed by atoms with E-state index in [0.29, 0.717) is 74.6 Å². The van der Waals surface area contributed by atoms with Gasteiger partial charge in [-0.2, -0.15) is 4.98 Å². The van der Waals surface area contributed by atoms with E-state index >= 15 is 0 Å². The maximum absolute atomic E-state index is 13.2. The number of nitrogens with one attached hydrogen (secondary N) is 1. The van der Waals surface area contributed by atoms with Gasteiger partial charge in [0, 0.05) is 39.8 Å². The summed E-state index contributed by atoms with van der Waals surface area (Å²) in [6.45, 7) is 4.16. The molecule has 3 aromatic rings. The third-order valence-electron chi connectivity index (χ3n) is 9.49. The van der Waals surface area contributed by atoms with Crippen LogP contribution in [-0.4, -0.2) is 59.9 Å². The highest BCUT2D eigenvalue weighted by molar-refractivity contribution is 5.83. The van der Waals surface area contributed by atoms with E-state index in [1.807, 2.05) is 12.1 Å². The normalized spacial score (nSPS) is 22.8. The zero-order valence-corrected chi connectivity index (χ0v) is 26.1. The molecule has 6 rings (SSSR count). The Morgan fingerprint density at radius 3 is 2.72 bits per heavy atom. The van der Waals surface area contributed by atoms with Crippen LogP contribution in [-0.2, 0) is 33.8 Å². The first-order chi connectivity index (χ1) is 22.1. The van der Waals surface area contributed by atoms with Crippen molar-refractivity contribution < 1.29 is 36.8 Å². The highest BCUT2D eigenvalue weighted by Gasteiger charge is 2.47. The van der Waals surface area contributed by atoms with Crippen molar-refractivity contribution in [2.45, 2.75) is 70.8 Å². The zero-order chi connectivity index (χ0) is 32.4. The van der Waals surface area contributed by atoms with Crippen molar-refractivity contribution in [1.29, 1.82) is 0 Å². The van der Waals surface area contributed by atoms with Gasteiger partial charge in [-0.05, 0) is 84.4 Å². The van der Waals surface area contributed by atoms with Crippen molar-refractivity contribution in [2.24, 2.45) is 17.8 Å².